The standard InChI is InChI=1S/C31H33FN6O2/c1-20(2)29-19-38(13-14-40-29)30-28(32)18-33-31(36-30)37-34-17-24-9-12-26(15-21(24)3)35-25-10-7-22(8-11-25)23-5-4-6-27(39)16-23/h4-12,15-18,20,29,35,39H,13-14,19H2,1-3H3,(H,33,36,37)/b34-17+. The molecule has 1 atom stereocenters. The molecule has 1 aliphatic heterocycles. The number of morpholine rings is 1. The lowest BCUT2D eigenvalue weighted by atomic mass is 10.0. The van der Waals surface area contributed by atoms with Gasteiger partial charge in [-0.05, 0) is 71.5 Å². The van der Waals surface area contributed by atoms with Crippen molar-refractivity contribution in [1.29, 1.82) is 0 Å². The number of rotatable bonds is 8. The molecule has 0 radical (unpaired) electrons. The minimum atomic E-state index is -0.466. The van der Waals surface area contributed by atoms with E-state index in [2.05, 4.69) is 39.7 Å². The van der Waals surface area contributed by atoms with Crippen LogP contribution in [0.1, 0.15) is 25.0 Å². The minimum Gasteiger partial charge on any atom is -0.508 e. The SMILES string of the molecule is Cc1cc(Nc2ccc(-c3cccc(O)c3)cc2)ccc1/C=N/Nc1ncc(F)c(N2CCOC(C(C)C)C2)n1. The molecule has 9 heteroatoms. The van der Waals surface area contributed by atoms with Gasteiger partial charge in [-0.25, -0.2) is 14.8 Å². The molecule has 1 fully saturated rings. The summed E-state index contributed by atoms with van der Waals surface area (Å²) >= 11 is 0. The first-order valence-electron chi connectivity index (χ1n) is 13.3. The molecule has 0 amide bonds. The quantitative estimate of drug-likeness (QED) is 0.177. The summed E-state index contributed by atoms with van der Waals surface area (Å²) in [5, 5.41) is 17.4. The van der Waals surface area contributed by atoms with E-state index in [9.17, 15) is 9.50 Å². The molecule has 2 heterocycles. The van der Waals surface area contributed by atoms with Crippen LogP contribution in [0.4, 0.5) is 27.5 Å². The Kier molecular flexibility index (Phi) is 8.21. The van der Waals surface area contributed by atoms with Gasteiger partial charge in [0, 0.05) is 24.5 Å². The van der Waals surface area contributed by atoms with Gasteiger partial charge in [0.25, 0.3) is 0 Å². The molecule has 5 rings (SSSR count). The molecule has 0 bridgehead atoms. The van der Waals surface area contributed by atoms with Crippen LogP contribution in [0.3, 0.4) is 0 Å². The van der Waals surface area contributed by atoms with Gasteiger partial charge in [0.15, 0.2) is 11.6 Å². The summed E-state index contributed by atoms with van der Waals surface area (Å²) in [6, 6.07) is 21.2. The van der Waals surface area contributed by atoms with Crippen molar-refractivity contribution in [3.05, 3.63) is 89.9 Å². The number of ether oxygens (including phenoxy) is 1. The zero-order chi connectivity index (χ0) is 28.1. The van der Waals surface area contributed by atoms with Crippen molar-refractivity contribution in [1.82, 2.24) is 9.97 Å². The van der Waals surface area contributed by atoms with Gasteiger partial charge >= 0.3 is 0 Å². The van der Waals surface area contributed by atoms with Crippen LogP contribution in [0.15, 0.2) is 78.0 Å². The fraction of sp³-hybridized carbons (Fsp3) is 0.258. The third-order valence-electron chi connectivity index (χ3n) is 6.85. The second-order valence-electron chi connectivity index (χ2n) is 10.2. The molecule has 3 aromatic carbocycles. The number of aryl methyl sites for hydroxylation is 1. The summed E-state index contributed by atoms with van der Waals surface area (Å²) in [6.45, 7) is 7.87. The number of hydrazone groups is 1. The first-order valence-corrected chi connectivity index (χ1v) is 13.3. The number of phenolic OH excluding ortho intramolecular Hbond substituents is 1. The van der Waals surface area contributed by atoms with Crippen molar-refractivity contribution in [3.63, 3.8) is 0 Å². The van der Waals surface area contributed by atoms with Gasteiger partial charge in [-0.2, -0.15) is 10.1 Å². The van der Waals surface area contributed by atoms with Crippen LogP contribution in [0.5, 0.6) is 5.75 Å². The Labute approximate surface area is 233 Å². The van der Waals surface area contributed by atoms with Crippen LogP contribution in [0, 0.1) is 18.7 Å². The van der Waals surface area contributed by atoms with Gasteiger partial charge in [0.1, 0.15) is 5.75 Å². The van der Waals surface area contributed by atoms with E-state index in [1.165, 1.54) is 6.20 Å². The molecule has 206 valence electrons. The number of benzene rings is 3. The number of halogens is 1. The number of nitrogens with one attached hydrogen (secondary N) is 2. The Bertz CT molecular complexity index is 1490. The van der Waals surface area contributed by atoms with Gasteiger partial charge in [-0.3, -0.25) is 0 Å². The summed E-state index contributed by atoms with van der Waals surface area (Å²) in [6.07, 6.45) is 2.89. The van der Waals surface area contributed by atoms with Crippen LogP contribution >= 0.6 is 0 Å². The first kappa shape index (κ1) is 27.1. The topological polar surface area (TPSA) is 94.9 Å². The van der Waals surface area contributed by atoms with Gasteiger partial charge in [-0.15, -0.1) is 0 Å². The number of nitrogens with zero attached hydrogens (tertiary/aromatic N) is 4. The molecule has 4 aromatic rings. The van der Waals surface area contributed by atoms with Crippen molar-refractivity contribution in [2.24, 2.45) is 11.0 Å². The molecule has 0 spiro atoms. The van der Waals surface area contributed by atoms with Crippen molar-refractivity contribution < 1.29 is 14.2 Å². The third-order valence-corrected chi connectivity index (χ3v) is 6.85. The second kappa shape index (κ2) is 12.1. The van der Waals surface area contributed by atoms with Gasteiger partial charge in [0.05, 0.1) is 25.1 Å². The van der Waals surface area contributed by atoms with E-state index in [0.717, 1.165) is 33.6 Å². The smallest absolute Gasteiger partial charge is 0.245 e. The summed E-state index contributed by atoms with van der Waals surface area (Å²) in [5.74, 6) is 0.591. The first-order chi connectivity index (χ1) is 19.4. The second-order valence-corrected chi connectivity index (χ2v) is 10.2. The van der Waals surface area contributed by atoms with Crippen LogP contribution < -0.4 is 15.6 Å². The zero-order valence-corrected chi connectivity index (χ0v) is 22.8. The number of hydrogen-bond acceptors (Lipinski definition) is 8. The van der Waals surface area contributed by atoms with Crippen molar-refractivity contribution >= 4 is 29.4 Å². The van der Waals surface area contributed by atoms with Crippen molar-refractivity contribution in [2.75, 3.05) is 35.3 Å². The molecular weight excluding hydrogens is 507 g/mol. The molecule has 1 unspecified atom stereocenters. The van der Waals surface area contributed by atoms with E-state index in [-0.39, 0.29) is 23.6 Å². The largest absolute Gasteiger partial charge is 0.508 e. The highest BCUT2D eigenvalue weighted by atomic mass is 19.1. The Hall–Kier alpha value is -4.50. The highest BCUT2D eigenvalue weighted by Crippen LogP contribution is 2.27. The molecule has 3 N–H and O–H groups in total. The molecule has 0 saturated carbocycles. The maximum atomic E-state index is 14.5. The molecule has 0 aliphatic carbocycles. The van der Waals surface area contributed by atoms with Crippen LogP contribution in [-0.2, 0) is 4.74 Å². The lowest BCUT2D eigenvalue weighted by Crippen LogP contribution is -2.45. The van der Waals surface area contributed by atoms with Gasteiger partial charge < -0.3 is 20.1 Å². The Morgan fingerprint density at radius 2 is 1.88 bits per heavy atom. The Balaban J connectivity index is 1.21. The Morgan fingerprint density at radius 3 is 2.62 bits per heavy atom. The fourth-order valence-corrected chi connectivity index (χ4v) is 4.56. The minimum absolute atomic E-state index is 0.0297. The zero-order valence-electron chi connectivity index (χ0n) is 22.8. The van der Waals surface area contributed by atoms with Crippen molar-refractivity contribution in [3.8, 4) is 16.9 Å². The van der Waals surface area contributed by atoms with E-state index in [0.29, 0.717) is 25.6 Å². The predicted molar refractivity (Wildman–Crippen MR) is 158 cm³/mol. The number of aromatic hydroxyl groups is 1. The van der Waals surface area contributed by atoms with Crippen LogP contribution in [0.2, 0.25) is 0 Å². The number of hydrogen-bond donors (Lipinski definition) is 3. The van der Waals surface area contributed by atoms with Crippen molar-refractivity contribution in [2.45, 2.75) is 26.9 Å². The lowest BCUT2D eigenvalue weighted by molar-refractivity contribution is 0.0110. The number of phenols is 1. The maximum Gasteiger partial charge on any atom is 0.245 e. The van der Waals surface area contributed by atoms with Crippen LogP contribution in [-0.4, -0.2) is 47.1 Å². The molecule has 1 aliphatic rings. The van der Waals surface area contributed by atoms with E-state index in [1.54, 1.807) is 18.3 Å². The number of aromatic nitrogens is 2. The van der Waals surface area contributed by atoms with Gasteiger partial charge in [-0.1, -0.05) is 44.2 Å². The third kappa shape index (κ3) is 6.55. The van der Waals surface area contributed by atoms with Crippen LogP contribution in [0.25, 0.3) is 11.1 Å². The van der Waals surface area contributed by atoms with Gasteiger partial charge in [0.2, 0.25) is 5.95 Å². The average Bonchev–Trinajstić information content (AvgIpc) is 2.95. The molecular formula is C31H33FN6O2. The monoisotopic (exact) mass is 540 g/mol. The molecule has 1 aromatic heterocycles. The number of anilines is 4. The normalized spacial score (nSPS) is 15.5. The Morgan fingerprint density at radius 1 is 1.07 bits per heavy atom. The fourth-order valence-electron chi connectivity index (χ4n) is 4.56. The summed E-state index contributed by atoms with van der Waals surface area (Å²) in [7, 11) is 0. The van der Waals surface area contributed by atoms with E-state index in [1.807, 2.05) is 66.4 Å². The summed E-state index contributed by atoms with van der Waals surface area (Å²) < 4.78 is 20.3. The summed E-state index contributed by atoms with van der Waals surface area (Å²) in [5.41, 5.74) is 8.67. The highest BCUT2D eigenvalue weighted by Gasteiger charge is 2.26. The highest BCUT2D eigenvalue weighted by molar-refractivity contribution is 5.83. The van der Waals surface area contributed by atoms with E-state index >= 15 is 0 Å². The van der Waals surface area contributed by atoms with E-state index < -0.39 is 5.82 Å². The lowest BCUT2D eigenvalue weighted by Gasteiger charge is -2.35. The van der Waals surface area contributed by atoms with E-state index in [4.69, 9.17) is 4.74 Å². The predicted octanol–water partition coefficient (Wildman–Crippen LogP) is 6.35. The summed E-state index contributed by atoms with van der Waals surface area (Å²) in [4.78, 5) is 10.3. The molecule has 8 nitrogen and oxygen atoms in total. The maximum absolute atomic E-state index is 14.5. The molecule has 40 heavy (non-hydrogen) atoms. The molecule has 1 saturated heterocycles. The average molecular weight is 541 g/mol.